The summed E-state index contributed by atoms with van der Waals surface area (Å²) in [5.41, 5.74) is 0.697. The topological polar surface area (TPSA) is 101 Å². The Morgan fingerprint density at radius 1 is 1.00 bits per heavy atom. The molecule has 3 rings (SSSR count). The van der Waals surface area contributed by atoms with Crippen molar-refractivity contribution in [2.75, 3.05) is 4.90 Å². The Morgan fingerprint density at radius 3 is 2.27 bits per heavy atom. The number of thioether (sulfide) groups is 1. The number of benzene rings is 2. The molecule has 1 amide bonds. The Kier molecular flexibility index (Phi) is 4.88. The second-order valence-corrected chi connectivity index (χ2v) is 6.90. The summed E-state index contributed by atoms with van der Waals surface area (Å²) in [5.74, 6) is -3.08. The zero-order valence-electron chi connectivity index (χ0n) is 13.0. The van der Waals surface area contributed by atoms with Crippen LogP contribution in [0.15, 0.2) is 53.4 Å². The molecule has 1 aliphatic rings. The van der Waals surface area contributed by atoms with Crippen LogP contribution in [0.4, 0.5) is 5.69 Å². The van der Waals surface area contributed by atoms with Gasteiger partial charge in [-0.25, -0.2) is 0 Å². The molecule has 26 heavy (non-hydrogen) atoms. The number of amides is 1. The fourth-order valence-electron chi connectivity index (χ4n) is 2.39. The molecule has 0 atom stereocenters. The van der Waals surface area contributed by atoms with Gasteiger partial charge in [0, 0.05) is 5.56 Å². The highest BCUT2D eigenvalue weighted by atomic mass is 32.2. The predicted octanol–water partition coefficient (Wildman–Crippen LogP) is 0.819. The van der Waals surface area contributed by atoms with Gasteiger partial charge in [-0.1, -0.05) is 60.4 Å². The quantitative estimate of drug-likeness (QED) is 0.569. The molecule has 1 heterocycles. The van der Waals surface area contributed by atoms with Gasteiger partial charge in [0.1, 0.15) is 0 Å². The number of carbonyl (C=O) groups excluding carboxylic acids is 3. The molecule has 2 aromatic carbocycles. The smallest absolute Gasteiger partial charge is 0.270 e. The Morgan fingerprint density at radius 2 is 1.65 bits per heavy atom. The first-order chi connectivity index (χ1) is 12.4. The lowest BCUT2D eigenvalue weighted by molar-refractivity contribution is -0.256. The minimum absolute atomic E-state index is 0.0161. The molecule has 0 aliphatic carbocycles. The van der Waals surface area contributed by atoms with Gasteiger partial charge in [0.25, 0.3) is 5.91 Å². The van der Waals surface area contributed by atoms with E-state index in [0.717, 1.165) is 11.8 Å². The van der Waals surface area contributed by atoms with E-state index < -0.39 is 17.8 Å². The molecule has 1 saturated heterocycles. The molecule has 2 aromatic rings. The molecule has 130 valence electrons. The number of hydrogen-bond donors (Lipinski definition) is 0. The molecule has 0 bridgehead atoms. The number of hydrogen-bond acceptors (Lipinski definition) is 7. The molecule has 1 fully saturated rings. The van der Waals surface area contributed by atoms with E-state index in [1.165, 1.54) is 41.3 Å². The molecule has 8 heteroatoms. The van der Waals surface area contributed by atoms with Crippen molar-refractivity contribution in [1.29, 1.82) is 0 Å². The van der Waals surface area contributed by atoms with Crippen LogP contribution in [-0.2, 0) is 4.79 Å². The molecular formula is C18H9NO5S2-2. The lowest BCUT2D eigenvalue weighted by Crippen LogP contribution is -2.28. The van der Waals surface area contributed by atoms with Crippen molar-refractivity contribution in [3.8, 4) is 0 Å². The van der Waals surface area contributed by atoms with Gasteiger partial charge in [-0.15, -0.1) is 0 Å². The van der Waals surface area contributed by atoms with E-state index in [4.69, 9.17) is 12.2 Å². The zero-order chi connectivity index (χ0) is 18.8. The molecule has 0 aromatic heterocycles. The first-order valence-corrected chi connectivity index (χ1v) is 8.50. The van der Waals surface area contributed by atoms with E-state index in [1.54, 1.807) is 18.2 Å². The van der Waals surface area contributed by atoms with Gasteiger partial charge in [0.2, 0.25) is 0 Å². The van der Waals surface area contributed by atoms with Gasteiger partial charge in [0.15, 0.2) is 4.32 Å². The van der Waals surface area contributed by atoms with Crippen molar-refractivity contribution < 1.29 is 24.6 Å². The van der Waals surface area contributed by atoms with E-state index in [1.807, 2.05) is 0 Å². The summed E-state index contributed by atoms with van der Waals surface area (Å²) in [6.07, 6.45) is 1.44. The minimum atomic E-state index is -1.34. The van der Waals surface area contributed by atoms with Crippen molar-refractivity contribution in [1.82, 2.24) is 0 Å². The molecule has 0 spiro atoms. The third-order valence-electron chi connectivity index (χ3n) is 3.62. The maximum Gasteiger partial charge on any atom is 0.270 e. The van der Waals surface area contributed by atoms with Crippen LogP contribution in [0.1, 0.15) is 26.3 Å². The molecule has 0 saturated carbocycles. The Labute approximate surface area is 157 Å². The van der Waals surface area contributed by atoms with E-state index in [-0.39, 0.29) is 20.4 Å². The summed E-state index contributed by atoms with van der Waals surface area (Å²) in [4.78, 5) is 36.2. The summed E-state index contributed by atoms with van der Waals surface area (Å²) >= 11 is 6.26. The monoisotopic (exact) mass is 383 g/mol. The average molecular weight is 383 g/mol. The van der Waals surface area contributed by atoms with Gasteiger partial charge in [-0.2, -0.15) is 0 Å². The number of aromatic carboxylic acids is 2. The van der Waals surface area contributed by atoms with Crippen LogP contribution < -0.4 is 15.1 Å². The third kappa shape index (κ3) is 3.37. The third-order valence-corrected chi connectivity index (χ3v) is 4.92. The van der Waals surface area contributed by atoms with Crippen LogP contribution in [0.5, 0.6) is 0 Å². The minimum Gasteiger partial charge on any atom is -0.545 e. The summed E-state index contributed by atoms with van der Waals surface area (Å²) in [6.45, 7) is 0. The van der Waals surface area contributed by atoms with E-state index in [9.17, 15) is 24.6 Å². The molecule has 0 N–H and O–H groups in total. The number of thiocarbonyl (C=S) groups is 1. The highest BCUT2D eigenvalue weighted by Gasteiger charge is 2.33. The highest BCUT2D eigenvalue weighted by molar-refractivity contribution is 8.27. The number of carbonyl (C=O) groups is 3. The lowest BCUT2D eigenvalue weighted by Gasteiger charge is -2.15. The fraction of sp³-hybridized carbons (Fsp3) is 0. The van der Waals surface area contributed by atoms with E-state index in [2.05, 4.69) is 0 Å². The van der Waals surface area contributed by atoms with Crippen LogP contribution >= 0.6 is 24.0 Å². The fourth-order valence-corrected chi connectivity index (χ4v) is 3.68. The molecule has 6 nitrogen and oxygen atoms in total. The second kappa shape index (κ2) is 7.11. The van der Waals surface area contributed by atoms with Gasteiger partial charge in [-0.3, -0.25) is 9.69 Å². The zero-order valence-corrected chi connectivity index (χ0v) is 14.6. The van der Waals surface area contributed by atoms with Gasteiger partial charge in [-0.05, 0) is 29.3 Å². The van der Waals surface area contributed by atoms with Crippen LogP contribution in [0.25, 0.3) is 6.08 Å². The second-order valence-electron chi connectivity index (χ2n) is 5.23. The molecule has 1 aliphatic heterocycles. The molecule has 0 radical (unpaired) electrons. The highest BCUT2D eigenvalue weighted by Crippen LogP contribution is 2.36. The summed E-state index contributed by atoms with van der Waals surface area (Å²) < 4.78 is 0.258. The first kappa shape index (κ1) is 17.8. The number of carboxylic acids is 2. The summed E-state index contributed by atoms with van der Waals surface area (Å²) in [5, 5.41) is 22.0. The largest absolute Gasteiger partial charge is 0.545 e. The van der Waals surface area contributed by atoms with Gasteiger partial charge in [0.05, 0.1) is 22.5 Å². The normalized spacial score (nSPS) is 15.5. The van der Waals surface area contributed by atoms with Crippen LogP contribution in [-0.4, -0.2) is 22.2 Å². The van der Waals surface area contributed by atoms with E-state index in [0.29, 0.717) is 11.3 Å². The average Bonchev–Trinajstić information content (AvgIpc) is 2.89. The van der Waals surface area contributed by atoms with Crippen molar-refractivity contribution in [2.45, 2.75) is 0 Å². The Balaban J connectivity index is 1.94. The van der Waals surface area contributed by atoms with Gasteiger partial charge >= 0.3 is 0 Å². The van der Waals surface area contributed by atoms with Crippen LogP contribution in [0, 0.1) is 0 Å². The first-order valence-electron chi connectivity index (χ1n) is 7.28. The number of anilines is 1. The van der Waals surface area contributed by atoms with Gasteiger partial charge < -0.3 is 19.8 Å². The summed E-state index contributed by atoms with van der Waals surface area (Å²) in [6, 6.07) is 11.7. The van der Waals surface area contributed by atoms with Crippen LogP contribution in [0.2, 0.25) is 0 Å². The van der Waals surface area contributed by atoms with Crippen LogP contribution in [0.3, 0.4) is 0 Å². The number of carboxylic acid groups (broad SMARTS) is 2. The van der Waals surface area contributed by atoms with E-state index >= 15 is 0 Å². The van der Waals surface area contributed by atoms with Crippen molar-refractivity contribution in [2.24, 2.45) is 0 Å². The SMILES string of the molecule is O=C([O-])c1ccc(N2C(=O)/C(=C/c3ccccc3C(=O)[O-])SC2=S)cc1. The molecule has 0 unspecified atom stereocenters. The van der Waals surface area contributed by atoms with Crippen molar-refractivity contribution >= 4 is 57.9 Å². The lowest BCUT2D eigenvalue weighted by atomic mass is 10.1. The number of rotatable bonds is 4. The maximum atomic E-state index is 12.7. The Hall–Kier alpha value is -2.97. The van der Waals surface area contributed by atoms with Crippen molar-refractivity contribution in [3.05, 3.63) is 70.1 Å². The summed E-state index contributed by atoms with van der Waals surface area (Å²) in [7, 11) is 0. The van der Waals surface area contributed by atoms with Crippen molar-refractivity contribution in [3.63, 3.8) is 0 Å². The Bertz CT molecular complexity index is 966. The number of nitrogens with zero attached hydrogens (tertiary/aromatic N) is 1. The standard InChI is InChI=1S/C18H11NO5S2/c20-15-14(9-11-3-1-2-4-13(11)17(23)24)26-18(25)19(15)12-7-5-10(6-8-12)16(21)22/h1-9H,(H,21,22)(H,23,24)/p-2/b14-9-. The molecular weight excluding hydrogens is 374 g/mol. The predicted molar refractivity (Wildman–Crippen MR) is 97.2 cm³/mol. The maximum absolute atomic E-state index is 12.7.